The van der Waals surface area contributed by atoms with Crippen molar-refractivity contribution in [3.63, 3.8) is 0 Å². The summed E-state index contributed by atoms with van der Waals surface area (Å²) >= 11 is 5.96. The van der Waals surface area contributed by atoms with Crippen LogP contribution in [0, 0.1) is 6.92 Å². The Morgan fingerprint density at radius 1 is 1.41 bits per heavy atom. The topological polar surface area (TPSA) is 54.7 Å². The van der Waals surface area contributed by atoms with Crippen LogP contribution in [0.4, 0.5) is 5.82 Å². The van der Waals surface area contributed by atoms with Gasteiger partial charge in [0.05, 0.1) is 5.69 Å². The summed E-state index contributed by atoms with van der Waals surface area (Å²) in [5, 5.41) is 7.86. The van der Waals surface area contributed by atoms with Gasteiger partial charge in [-0.2, -0.15) is 5.10 Å². The fraction of sp³-hybridized carbons (Fsp3) is 0.308. The van der Waals surface area contributed by atoms with Gasteiger partial charge in [-0.15, -0.1) is 0 Å². The van der Waals surface area contributed by atoms with Gasteiger partial charge in [0.15, 0.2) is 0 Å². The number of hydrogen-bond donors (Lipinski definition) is 2. The number of aromatic nitrogens is 2. The van der Waals surface area contributed by atoms with Crippen LogP contribution >= 0.6 is 11.6 Å². The van der Waals surface area contributed by atoms with Crippen molar-refractivity contribution < 1.29 is 0 Å². The summed E-state index contributed by atoms with van der Waals surface area (Å²) in [4.78, 5) is 0. The fourth-order valence-corrected chi connectivity index (χ4v) is 2.24. The first kappa shape index (κ1) is 12.0. The lowest BCUT2D eigenvalue weighted by atomic mass is 10.0. The van der Waals surface area contributed by atoms with Crippen LogP contribution in [0.25, 0.3) is 11.3 Å². The minimum Gasteiger partial charge on any atom is -0.382 e. The van der Waals surface area contributed by atoms with E-state index >= 15 is 0 Å². The van der Waals surface area contributed by atoms with E-state index < -0.39 is 0 Å². The van der Waals surface area contributed by atoms with Crippen molar-refractivity contribution in [3.05, 3.63) is 34.3 Å². The van der Waals surface area contributed by atoms with Crippen LogP contribution in [0.1, 0.15) is 24.5 Å². The van der Waals surface area contributed by atoms with Gasteiger partial charge in [-0.3, -0.25) is 5.10 Å². The average molecular weight is 250 g/mol. The molecular weight excluding hydrogens is 234 g/mol. The lowest BCUT2D eigenvalue weighted by Gasteiger charge is -2.07. The molecular formula is C13H16ClN3. The van der Waals surface area contributed by atoms with Crippen molar-refractivity contribution in [2.45, 2.75) is 26.7 Å². The Bertz CT molecular complexity index is 531. The fourth-order valence-electron chi connectivity index (χ4n) is 2.01. The highest BCUT2D eigenvalue weighted by molar-refractivity contribution is 6.30. The van der Waals surface area contributed by atoms with Crippen LogP contribution < -0.4 is 5.73 Å². The van der Waals surface area contributed by atoms with Crippen molar-refractivity contribution in [2.75, 3.05) is 5.73 Å². The zero-order chi connectivity index (χ0) is 12.4. The molecule has 90 valence electrons. The smallest absolute Gasteiger partial charge is 0.149 e. The number of halogens is 1. The molecule has 4 heteroatoms. The summed E-state index contributed by atoms with van der Waals surface area (Å²) < 4.78 is 0. The highest BCUT2D eigenvalue weighted by atomic mass is 35.5. The van der Waals surface area contributed by atoms with Gasteiger partial charge >= 0.3 is 0 Å². The van der Waals surface area contributed by atoms with Gasteiger partial charge < -0.3 is 5.73 Å². The number of H-pyrrole nitrogens is 1. The third kappa shape index (κ3) is 2.29. The van der Waals surface area contributed by atoms with Crippen molar-refractivity contribution in [1.82, 2.24) is 10.2 Å². The van der Waals surface area contributed by atoms with E-state index in [9.17, 15) is 0 Å². The average Bonchev–Trinajstić information content (AvgIpc) is 2.62. The summed E-state index contributed by atoms with van der Waals surface area (Å²) in [6.45, 7) is 4.17. The van der Waals surface area contributed by atoms with E-state index in [0.29, 0.717) is 5.82 Å². The lowest BCUT2D eigenvalue weighted by Crippen LogP contribution is -1.93. The maximum absolute atomic E-state index is 5.96. The number of nitrogens with one attached hydrogen (secondary N) is 1. The Balaban J connectivity index is 2.52. The summed E-state index contributed by atoms with van der Waals surface area (Å²) in [6, 6.07) is 5.84. The van der Waals surface area contributed by atoms with Crippen molar-refractivity contribution in [3.8, 4) is 11.3 Å². The highest BCUT2D eigenvalue weighted by Gasteiger charge is 2.13. The highest BCUT2D eigenvalue weighted by Crippen LogP contribution is 2.30. The number of hydrogen-bond acceptors (Lipinski definition) is 2. The predicted octanol–water partition coefficient (Wildman–Crippen LogP) is 3.57. The van der Waals surface area contributed by atoms with E-state index in [2.05, 4.69) is 17.1 Å². The normalized spacial score (nSPS) is 10.8. The number of anilines is 1. The Hall–Kier alpha value is -1.48. The first-order chi connectivity index (χ1) is 8.13. The molecule has 0 saturated heterocycles. The van der Waals surface area contributed by atoms with Gasteiger partial charge in [0.25, 0.3) is 0 Å². The maximum atomic E-state index is 5.96. The van der Waals surface area contributed by atoms with E-state index in [-0.39, 0.29) is 0 Å². The second-order valence-corrected chi connectivity index (χ2v) is 4.61. The Morgan fingerprint density at radius 2 is 2.18 bits per heavy atom. The third-order valence-electron chi connectivity index (χ3n) is 2.86. The number of nitrogens with zero attached hydrogens (tertiary/aromatic N) is 1. The zero-order valence-electron chi connectivity index (χ0n) is 10.0. The van der Waals surface area contributed by atoms with Gasteiger partial charge in [-0.1, -0.05) is 31.0 Å². The van der Waals surface area contributed by atoms with Gasteiger partial charge in [-0.05, 0) is 31.0 Å². The van der Waals surface area contributed by atoms with Crippen LogP contribution in [0.15, 0.2) is 18.2 Å². The number of aromatic amines is 1. The molecule has 17 heavy (non-hydrogen) atoms. The van der Waals surface area contributed by atoms with Gasteiger partial charge in [0.2, 0.25) is 0 Å². The number of nitrogens with two attached hydrogens (primary N) is 1. The minimum atomic E-state index is 0.594. The van der Waals surface area contributed by atoms with Crippen LogP contribution in [0.2, 0.25) is 5.02 Å². The molecule has 1 aromatic heterocycles. The summed E-state index contributed by atoms with van der Waals surface area (Å²) in [5.74, 6) is 0.594. The molecule has 3 nitrogen and oxygen atoms in total. The molecule has 0 aliphatic carbocycles. The van der Waals surface area contributed by atoms with Gasteiger partial charge in [0, 0.05) is 16.1 Å². The van der Waals surface area contributed by atoms with E-state index in [0.717, 1.165) is 40.2 Å². The lowest BCUT2D eigenvalue weighted by molar-refractivity contribution is 0.926. The Morgan fingerprint density at radius 3 is 2.82 bits per heavy atom. The van der Waals surface area contributed by atoms with E-state index in [1.807, 2.05) is 25.1 Å². The van der Waals surface area contributed by atoms with Gasteiger partial charge in [-0.25, -0.2) is 0 Å². The first-order valence-corrected chi connectivity index (χ1v) is 6.10. The monoisotopic (exact) mass is 249 g/mol. The third-order valence-corrected chi connectivity index (χ3v) is 3.09. The Kier molecular flexibility index (Phi) is 3.38. The molecule has 0 aliphatic rings. The molecule has 1 heterocycles. The van der Waals surface area contributed by atoms with E-state index in [1.165, 1.54) is 0 Å². The summed E-state index contributed by atoms with van der Waals surface area (Å²) in [5.41, 5.74) is 10.2. The second kappa shape index (κ2) is 4.80. The largest absolute Gasteiger partial charge is 0.382 e. The molecule has 0 spiro atoms. The molecule has 0 aliphatic heterocycles. The molecule has 0 unspecified atom stereocenters. The van der Waals surface area contributed by atoms with Crippen LogP contribution in [0.5, 0.6) is 0 Å². The minimum absolute atomic E-state index is 0.594. The number of nitrogen functional groups attached to an aromatic ring is 1. The first-order valence-electron chi connectivity index (χ1n) is 5.72. The SMILES string of the molecule is CCCc1c(N)n[nH]c1-c1ccc(Cl)cc1C. The zero-order valence-corrected chi connectivity index (χ0v) is 10.8. The molecule has 0 radical (unpaired) electrons. The molecule has 3 N–H and O–H groups in total. The second-order valence-electron chi connectivity index (χ2n) is 4.17. The van der Waals surface area contributed by atoms with Gasteiger partial charge in [0.1, 0.15) is 5.82 Å². The molecule has 0 fully saturated rings. The molecule has 0 atom stereocenters. The number of aryl methyl sites for hydroxylation is 1. The molecule has 2 rings (SSSR count). The quantitative estimate of drug-likeness (QED) is 0.874. The van der Waals surface area contributed by atoms with E-state index in [1.54, 1.807) is 0 Å². The Labute approximate surface area is 106 Å². The van der Waals surface area contributed by atoms with Crippen molar-refractivity contribution >= 4 is 17.4 Å². The van der Waals surface area contributed by atoms with Crippen LogP contribution in [-0.2, 0) is 6.42 Å². The van der Waals surface area contributed by atoms with Crippen molar-refractivity contribution in [2.24, 2.45) is 0 Å². The van der Waals surface area contributed by atoms with E-state index in [4.69, 9.17) is 17.3 Å². The number of rotatable bonds is 3. The molecule has 0 amide bonds. The summed E-state index contributed by atoms with van der Waals surface area (Å²) in [7, 11) is 0. The van der Waals surface area contributed by atoms with Crippen LogP contribution in [-0.4, -0.2) is 10.2 Å². The molecule has 2 aromatic rings. The predicted molar refractivity (Wildman–Crippen MR) is 72.2 cm³/mol. The maximum Gasteiger partial charge on any atom is 0.149 e. The number of benzene rings is 1. The van der Waals surface area contributed by atoms with Crippen molar-refractivity contribution in [1.29, 1.82) is 0 Å². The standard InChI is InChI=1S/C13H16ClN3/c1-3-4-11-12(16-17-13(11)15)10-6-5-9(14)7-8(10)2/h5-7H,3-4H2,1-2H3,(H3,15,16,17). The summed E-state index contributed by atoms with van der Waals surface area (Å²) in [6.07, 6.45) is 1.98. The van der Waals surface area contributed by atoms with Crippen LogP contribution in [0.3, 0.4) is 0 Å². The molecule has 0 bridgehead atoms. The molecule has 0 saturated carbocycles. The molecule has 1 aromatic carbocycles.